The number of ketones is 1. The SMILES string of the molecule is Cc1cc(CC(=O)C(F)F)ccc1Cl. The Kier molecular flexibility index (Phi) is 3.58. The summed E-state index contributed by atoms with van der Waals surface area (Å²) >= 11 is 5.75. The Balaban J connectivity index is 2.78. The van der Waals surface area contributed by atoms with Crippen molar-refractivity contribution in [1.82, 2.24) is 0 Å². The first-order valence-electron chi connectivity index (χ1n) is 4.06. The highest BCUT2D eigenvalue weighted by atomic mass is 35.5. The van der Waals surface area contributed by atoms with Crippen LogP contribution in [0.2, 0.25) is 5.02 Å². The van der Waals surface area contributed by atoms with Crippen LogP contribution < -0.4 is 0 Å². The molecule has 0 radical (unpaired) electrons. The number of rotatable bonds is 3. The molecule has 0 saturated carbocycles. The van der Waals surface area contributed by atoms with Gasteiger partial charge in [0.05, 0.1) is 0 Å². The maximum absolute atomic E-state index is 11.9. The second kappa shape index (κ2) is 4.51. The molecule has 0 spiro atoms. The topological polar surface area (TPSA) is 17.1 Å². The molecule has 4 heteroatoms. The van der Waals surface area contributed by atoms with Crippen LogP contribution in [0.1, 0.15) is 11.1 Å². The Hall–Kier alpha value is -0.960. The van der Waals surface area contributed by atoms with Crippen molar-refractivity contribution in [1.29, 1.82) is 0 Å². The van der Waals surface area contributed by atoms with Gasteiger partial charge in [-0.25, -0.2) is 8.78 Å². The summed E-state index contributed by atoms with van der Waals surface area (Å²) in [6.45, 7) is 1.76. The Morgan fingerprint density at radius 2 is 2.14 bits per heavy atom. The quantitative estimate of drug-likeness (QED) is 0.762. The summed E-state index contributed by atoms with van der Waals surface area (Å²) in [5, 5.41) is 0.568. The minimum atomic E-state index is -2.90. The van der Waals surface area contributed by atoms with Crippen LogP contribution in [-0.2, 0) is 11.2 Å². The summed E-state index contributed by atoms with van der Waals surface area (Å²) in [4.78, 5) is 10.7. The van der Waals surface area contributed by atoms with Gasteiger partial charge in [-0.3, -0.25) is 4.79 Å². The summed E-state index contributed by atoms with van der Waals surface area (Å²) in [6, 6.07) is 4.82. The minimum absolute atomic E-state index is 0.240. The van der Waals surface area contributed by atoms with Gasteiger partial charge in [0.2, 0.25) is 5.78 Å². The molecule has 0 amide bonds. The van der Waals surface area contributed by atoms with Crippen molar-refractivity contribution in [3.8, 4) is 0 Å². The van der Waals surface area contributed by atoms with Gasteiger partial charge in [-0.05, 0) is 24.1 Å². The number of hydrogen-bond acceptors (Lipinski definition) is 1. The summed E-state index contributed by atoms with van der Waals surface area (Å²) in [7, 11) is 0. The van der Waals surface area contributed by atoms with Crippen LogP contribution in [0.3, 0.4) is 0 Å². The lowest BCUT2D eigenvalue weighted by molar-refractivity contribution is -0.128. The third kappa shape index (κ3) is 2.77. The van der Waals surface area contributed by atoms with Gasteiger partial charge in [-0.1, -0.05) is 23.7 Å². The van der Waals surface area contributed by atoms with Crippen molar-refractivity contribution < 1.29 is 13.6 Å². The second-order valence-electron chi connectivity index (χ2n) is 3.03. The number of alkyl halides is 2. The molecular formula is C10H9ClF2O. The van der Waals surface area contributed by atoms with Crippen LogP contribution in [0.5, 0.6) is 0 Å². The van der Waals surface area contributed by atoms with Gasteiger partial charge in [-0.15, -0.1) is 0 Å². The van der Waals surface area contributed by atoms with E-state index in [1.165, 1.54) is 0 Å². The third-order valence-electron chi connectivity index (χ3n) is 1.84. The molecule has 0 aromatic heterocycles. The number of benzene rings is 1. The highest BCUT2D eigenvalue weighted by Crippen LogP contribution is 2.17. The fraction of sp³-hybridized carbons (Fsp3) is 0.300. The number of halogens is 3. The molecule has 0 N–H and O–H groups in total. The molecular weight excluding hydrogens is 210 g/mol. The van der Waals surface area contributed by atoms with Gasteiger partial charge in [0.25, 0.3) is 6.43 Å². The van der Waals surface area contributed by atoms with E-state index in [2.05, 4.69) is 0 Å². The number of aryl methyl sites for hydroxylation is 1. The zero-order valence-electron chi connectivity index (χ0n) is 7.56. The first-order chi connectivity index (χ1) is 6.50. The zero-order chi connectivity index (χ0) is 10.7. The molecule has 0 aliphatic rings. The van der Waals surface area contributed by atoms with Gasteiger partial charge in [-0.2, -0.15) is 0 Å². The van der Waals surface area contributed by atoms with Crippen LogP contribution in [-0.4, -0.2) is 12.2 Å². The van der Waals surface area contributed by atoms with Crippen molar-refractivity contribution in [2.75, 3.05) is 0 Å². The van der Waals surface area contributed by atoms with Crippen molar-refractivity contribution in [2.45, 2.75) is 19.8 Å². The standard InChI is InChI=1S/C10H9ClF2O/c1-6-4-7(2-3-8(6)11)5-9(14)10(12)13/h2-4,10H,5H2,1H3. The number of carbonyl (C=O) groups excluding carboxylic acids is 1. The Labute approximate surface area is 85.7 Å². The normalized spacial score (nSPS) is 10.6. The predicted molar refractivity (Wildman–Crippen MR) is 50.9 cm³/mol. The molecule has 0 unspecified atom stereocenters. The third-order valence-corrected chi connectivity index (χ3v) is 2.27. The molecule has 0 heterocycles. The van der Waals surface area contributed by atoms with Gasteiger partial charge >= 0.3 is 0 Å². The van der Waals surface area contributed by atoms with E-state index in [1.807, 2.05) is 0 Å². The average molecular weight is 219 g/mol. The van der Waals surface area contributed by atoms with Crippen LogP contribution in [0.4, 0.5) is 8.78 Å². The van der Waals surface area contributed by atoms with Crippen molar-refractivity contribution >= 4 is 17.4 Å². The van der Waals surface area contributed by atoms with E-state index in [0.717, 1.165) is 5.56 Å². The molecule has 0 fully saturated rings. The van der Waals surface area contributed by atoms with Crippen LogP contribution >= 0.6 is 11.6 Å². The van der Waals surface area contributed by atoms with E-state index in [9.17, 15) is 13.6 Å². The molecule has 1 nitrogen and oxygen atoms in total. The van der Waals surface area contributed by atoms with Crippen LogP contribution in [0.15, 0.2) is 18.2 Å². The maximum Gasteiger partial charge on any atom is 0.296 e. The second-order valence-corrected chi connectivity index (χ2v) is 3.43. The van der Waals surface area contributed by atoms with E-state index in [1.54, 1.807) is 25.1 Å². The average Bonchev–Trinajstić information content (AvgIpc) is 2.11. The van der Waals surface area contributed by atoms with E-state index < -0.39 is 12.2 Å². The van der Waals surface area contributed by atoms with E-state index >= 15 is 0 Å². The molecule has 1 rings (SSSR count). The van der Waals surface area contributed by atoms with Gasteiger partial charge in [0.15, 0.2) is 0 Å². The summed E-state index contributed by atoms with van der Waals surface area (Å²) in [6.07, 6.45) is -3.14. The first kappa shape index (κ1) is 11.1. The van der Waals surface area contributed by atoms with Gasteiger partial charge in [0.1, 0.15) is 0 Å². The fourth-order valence-electron chi connectivity index (χ4n) is 1.10. The first-order valence-corrected chi connectivity index (χ1v) is 4.44. The summed E-state index contributed by atoms with van der Waals surface area (Å²) in [5.41, 5.74) is 1.35. The largest absolute Gasteiger partial charge is 0.296 e. The van der Waals surface area contributed by atoms with Crippen LogP contribution in [0.25, 0.3) is 0 Å². The van der Waals surface area contributed by atoms with Crippen molar-refractivity contribution in [3.63, 3.8) is 0 Å². The fourth-order valence-corrected chi connectivity index (χ4v) is 1.21. The number of hydrogen-bond donors (Lipinski definition) is 0. The Bertz CT molecular complexity index is 350. The minimum Gasteiger partial charge on any atom is -0.293 e. The lowest BCUT2D eigenvalue weighted by Gasteiger charge is -2.03. The summed E-state index contributed by atoms with van der Waals surface area (Å²) in [5.74, 6) is -1.06. The summed E-state index contributed by atoms with van der Waals surface area (Å²) < 4.78 is 23.8. The van der Waals surface area contributed by atoms with Crippen molar-refractivity contribution in [2.24, 2.45) is 0 Å². The molecule has 14 heavy (non-hydrogen) atoms. The Morgan fingerprint density at radius 1 is 1.50 bits per heavy atom. The maximum atomic E-state index is 11.9. The lowest BCUT2D eigenvalue weighted by Crippen LogP contribution is -2.12. The molecule has 0 saturated heterocycles. The van der Waals surface area contributed by atoms with Crippen LogP contribution in [0, 0.1) is 6.92 Å². The molecule has 0 aliphatic carbocycles. The molecule has 1 aromatic rings. The van der Waals surface area contributed by atoms with Gasteiger partial charge < -0.3 is 0 Å². The molecule has 1 aromatic carbocycles. The predicted octanol–water partition coefficient (Wildman–Crippen LogP) is 3.03. The molecule has 0 aliphatic heterocycles. The monoisotopic (exact) mass is 218 g/mol. The molecule has 0 bridgehead atoms. The molecule has 76 valence electrons. The van der Waals surface area contributed by atoms with E-state index in [-0.39, 0.29) is 6.42 Å². The number of carbonyl (C=O) groups is 1. The number of Topliss-reactive ketones (excluding diaryl/α,β-unsaturated/α-hetero) is 1. The highest BCUT2D eigenvalue weighted by molar-refractivity contribution is 6.31. The zero-order valence-corrected chi connectivity index (χ0v) is 8.31. The van der Waals surface area contributed by atoms with Gasteiger partial charge in [0, 0.05) is 11.4 Å². The van der Waals surface area contributed by atoms with Crippen molar-refractivity contribution in [3.05, 3.63) is 34.3 Å². The Morgan fingerprint density at radius 3 is 2.64 bits per heavy atom. The highest BCUT2D eigenvalue weighted by Gasteiger charge is 2.15. The van der Waals surface area contributed by atoms with E-state index in [0.29, 0.717) is 10.6 Å². The lowest BCUT2D eigenvalue weighted by atomic mass is 10.1. The van der Waals surface area contributed by atoms with E-state index in [4.69, 9.17) is 11.6 Å². The smallest absolute Gasteiger partial charge is 0.293 e. The molecule has 0 atom stereocenters.